The largest absolute Gasteiger partial charge is 0.384 e. The normalized spacial score (nSPS) is 24.1. The average molecular weight is 507 g/mol. The van der Waals surface area contributed by atoms with Gasteiger partial charge in [0.2, 0.25) is 10.0 Å². The second-order valence-electron chi connectivity index (χ2n) is 10.0. The summed E-state index contributed by atoms with van der Waals surface area (Å²) in [5.41, 5.74) is 4.04. The molecule has 1 aliphatic heterocycles. The third kappa shape index (κ3) is 5.20. The number of ether oxygens (including phenoxy) is 1. The van der Waals surface area contributed by atoms with Gasteiger partial charge in [-0.05, 0) is 47.2 Å². The first-order valence-corrected chi connectivity index (χ1v) is 14.2. The number of anilines is 1. The molecular weight excluding hydrogens is 472 g/mol. The highest BCUT2D eigenvalue weighted by Crippen LogP contribution is 2.51. The molecule has 2 N–H and O–H groups in total. The molecule has 2 aliphatic rings. The maximum absolute atomic E-state index is 12.3. The van der Waals surface area contributed by atoms with Gasteiger partial charge < -0.3 is 9.84 Å². The van der Waals surface area contributed by atoms with Crippen LogP contribution in [0.1, 0.15) is 24.0 Å². The fourth-order valence-corrected chi connectivity index (χ4v) is 6.86. The van der Waals surface area contributed by atoms with Crippen molar-refractivity contribution >= 4 is 15.7 Å². The van der Waals surface area contributed by atoms with Gasteiger partial charge in [0, 0.05) is 44.3 Å². The molecule has 1 saturated carbocycles. The number of nitrogens with one attached hydrogen (secondary N) is 1. The van der Waals surface area contributed by atoms with Crippen molar-refractivity contribution in [1.29, 1.82) is 0 Å². The second-order valence-corrected chi connectivity index (χ2v) is 11.9. The maximum Gasteiger partial charge on any atom is 0.234 e. The van der Waals surface area contributed by atoms with Gasteiger partial charge in [-0.1, -0.05) is 66.7 Å². The molecule has 0 radical (unpaired) electrons. The number of rotatable bonds is 9. The lowest BCUT2D eigenvalue weighted by Gasteiger charge is -2.45. The summed E-state index contributed by atoms with van der Waals surface area (Å²) in [7, 11) is -2.02. The van der Waals surface area contributed by atoms with Crippen LogP contribution in [0.25, 0.3) is 11.1 Å². The van der Waals surface area contributed by atoms with E-state index in [1.54, 1.807) is 12.1 Å². The van der Waals surface area contributed by atoms with E-state index >= 15 is 0 Å². The highest BCUT2D eigenvalue weighted by atomic mass is 32.2. The van der Waals surface area contributed by atoms with Gasteiger partial charge in [-0.3, -0.25) is 9.62 Å². The smallest absolute Gasteiger partial charge is 0.234 e. The van der Waals surface area contributed by atoms with Crippen molar-refractivity contribution in [2.45, 2.75) is 25.0 Å². The predicted octanol–water partition coefficient (Wildman–Crippen LogP) is 4.47. The molecule has 0 amide bonds. The minimum absolute atomic E-state index is 0.107. The van der Waals surface area contributed by atoms with Crippen molar-refractivity contribution < 1.29 is 18.3 Å². The number of hydrogen-bond acceptors (Lipinski definition) is 5. The van der Waals surface area contributed by atoms with E-state index in [1.165, 1.54) is 23.8 Å². The van der Waals surface area contributed by atoms with Crippen molar-refractivity contribution in [1.82, 2.24) is 4.90 Å². The summed E-state index contributed by atoms with van der Waals surface area (Å²) in [4.78, 5) is 2.45. The van der Waals surface area contributed by atoms with Gasteiger partial charge in [0.25, 0.3) is 0 Å². The number of piperidine rings is 1. The number of methoxy groups -OCH3 is 1. The van der Waals surface area contributed by atoms with E-state index in [0.29, 0.717) is 5.69 Å². The zero-order valence-corrected chi connectivity index (χ0v) is 21.5. The first-order valence-electron chi connectivity index (χ1n) is 12.6. The van der Waals surface area contributed by atoms with Gasteiger partial charge in [-0.15, -0.1) is 0 Å². The highest BCUT2D eigenvalue weighted by molar-refractivity contribution is 7.92. The number of sulfonamides is 1. The number of likely N-dealkylation sites (tertiary alicyclic amines) is 1. The van der Waals surface area contributed by atoms with Crippen LogP contribution in [-0.4, -0.2) is 51.0 Å². The molecule has 0 aromatic heterocycles. The molecule has 36 heavy (non-hydrogen) atoms. The Labute approximate surface area is 214 Å². The Kier molecular flexibility index (Phi) is 7.17. The second kappa shape index (κ2) is 10.3. The third-order valence-electron chi connectivity index (χ3n) is 7.69. The van der Waals surface area contributed by atoms with Gasteiger partial charge >= 0.3 is 0 Å². The van der Waals surface area contributed by atoms with Crippen LogP contribution in [0.2, 0.25) is 0 Å². The van der Waals surface area contributed by atoms with Crippen LogP contribution >= 0.6 is 0 Å². The monoisotopic (exact) mass is 506 g/mol. The molecule has 1 saturated heterocycles. The van der Waals surface area contributed by atoms with Crippen molar-refractivity contribution in [3.8, 4) is 11.1 Å². The lowest BCUT2D eigenvalue weighted by Crippen LogP contribution is -2.51. The molecule has 2 fully saturated rings. The fraction of sp³-hybridized carbons (Fsp3) is 0.379. The van der Waals surface area contributed by atoms with Gasteiger partial charge in [0.1, 0.15) is 0 Å². The fourth-order valence-electron chi connectivity index (χ4n) is 5.88. The maximum atomic E-state index is 12.3. The lowest BCUT2D eigenvalue weighted by atomic mass is 9.75. The molecule has 5 rings (SSSR count). The van der Waals surface area contributed by atoms with E-state index in [0.717, 1.165) is 38.0 Å². The minimum Gasteiger partial charge on any atom is -0.384 e. The summed E-state index contributed by atoms with van der Waals surface area (Å²) in [6.45, 7) is 2.62. The Balaban J connectivity index is 1.27. The molecule has 3 aromatic carbocycles. The number of benzene rings is 3. The van der Waals surface area contributed by atoms with Crippen LogP contribution in [-0.2, 0) is 26.9 Å². The summed E-state index contributed by atoms with van der Waals surface area (Å²) in [5, 5.41) is 11.9. The molecule has 3 aromatic rings. The predicted molar refractivity (Wildman–Crippen MR) is 143 cm³/mol. The summed E-state index contributed by atoms with van der Waals surface area (Å²) < 4.78 is 32.2. The Morgan fingerprint density at radius 1 is 0.944 bits per heavy atom. The lowest BCUT2D eigenvalue weighted by molar-refractivity contribution is -0.0914. The van der Waals surface area contributed by atoms with E-state index in [4.69, 9.17) is 4.74 Å². The van der Waals surface area contributed by atoms with E-state index in [1.807, 2.05) is 18.2 Å². The first kappa shape index (κ1) is 25.0. The highest BCUT2D eigenvalue weighted by Gasteiger charge is 2.53. The van der Waals surface area contributed by atoms with Crippen LogP contribution in [0.15, 0.2) is 78.9 Å². The zero-order chi connectivity index (χ0) is 25.2. The molecule has 190 valence electrons. The van der Waals surface area contributed by atoms with Crippen molar-refractivity contribution in [3.05, 3.63) is 90.0 Å². The van der Waals surface area contributed by atoms with Crippen LogP contribution in [0, 0.1) is 11.8 Å². The Hall–Kier alpha value is -2.71. The standard InChI is InChI=1S/C29H34N2O4S/c1-35-16-17-36(33,34)30-28-9-5-8-25(18-28)29(32)26-14-15-27(29)21-31(20-26)19-22-10-12-24(13-11-22)23-6-3-2-4-7-23/h2-13,18,26-27,30,32H,14-17,19-21H2,1H3. The first-order chi connectivity index (χ1) is 17.4. The molecule has 2 atom stereocenters. The molecule has 7 heteroatoms. The van der Waals surface area contributed by atoms with Gasteiger partial charge in [-0.25, -0.2) is 8.42 Å². The van der Waals surface area contributed by atoms with Gasteiger partial charge in [0.15, 0.2) is 0 Å². The minimum atomic E-state index is -3.50. The topological polar surface area (TPSA) is 78.9 Å². The van der Waals surface area contributed by atoms with Crippen LogP contribution < -0.4 is 4.72 Å². The molecular formula is C29H34N2O4S. The Morgan fingerprint density at radius 2 is 1.61 bits per heavy atom. The van der Waals surface area contributed by atoms with Crippen molar-refractivity contribution in [2.24, 2.45) is 11.8 Å². The van der Waals surface area contributed by atoms with E-state index in [9.17, 15) is 13.5 Å². The molecule has 0 spiro atoms. The zero-order valence-electron chi connectivity index (χ0n) is 20.6. The molecule has 1 heterocycles. The Bertz CT molecular complexity index is 1260. The summed E-state index contributed by atoms with van der Waals surface area (Å²) in [5.74, 6) is 0.116. The quantitative estimate of drug-likeness (QED) is 0.448. The van der Waals surface area contributed by atoms with E-state index in [2.05, 4.69) is 58.2 Å². The van der Waals surface area contributed by atoms with Crippen molar-refractivity contribution in [3.63, 3.8) is 0 Å². The Morgan fingerprint density at radius 3 is 2.28 bits per heavy atom. The third-order valence-corrected chi connectivity index (χ3v) is 8.94. The van der Waals surface area contributed by atoms with E-state index < -0.39 is 15.6 Å². The average Bonchev–Trinajstić information content (AvgIpc) is 3.04. The van der Waals surface area contributed by atoms with Crippen LogP contribution in [0.4, 0.5) is 5.69 Å². The SMILES string of the molecule is COCCS(=O)(=O)Nc1cccc(C2(O)C3CCC2CN(Cc2ccc(-c4ccccc4)cc2)C3)c1. The van der Waals surface area contributed by atoms with Crippen molar-refractivity contribution in [2.75, 3.05) is 37.3 Å². The molecule has 6 nitrogen and oxygen atoms in total. The number of aliphatic hydroxyl groups is 1. The van der Waals surface area contributed by atoms with Crippen LogP contribution in [0.3, 0.4) is 0 Å². The molecule has 1 aliphatic carbocycles. The summed E-state index contributed by atoms with van der Waals surface area (Å²) >= 11 is 0. The number of hydrogen-bond donors (Lipinski definition) is 2. The van der Waals surface area contributed by atoms with Gasteiger partial charge in [0.05, 0.1) is 18.0 Å². The summed E-state index contributed by atoms with van der Waals surface area (Å²) in [6.07, 6.45) is 1.93. The molecule has 2 bridgehead atoms. The molecule has 2 unspecified atom stereocenters. The van der Waals surface area contributed by atoms with E-state index in [-0.39, 0.29) is 24.2 Å². The number of nitrogens with zero attached hydrogens (tertiary/aromatic N) is 1. The number of fused-ring (bicyclic) bond motifs is 2. The summed E-state index contributed by atoms with van der Waals surface area (Å²) in [6, 6.07) is 26.4. The van der Waals surface area contributed by atoms with Crippen LogP contribution in [0.5, 0.6) is 0 Å². The van der Waals surface area contributed by atoms with Gasteiger partial charge in [-0.2, -0.15) is 0 Å².